The van der Waals surface area contributed by atoms with Crippen LogP contribution in [0.1, 0.15) is 24.2 Å². The number of likely N-dealkylation sites (N-methyl/N-ethyl adjacent to an activating group) is 1. The van der Waals surface area contributed by atoms with Crippen molar-refractivity contribution in [1.29, 1.82) is 0 Å². The predicted octanol–water partition coefficient (Wildman–Crippen LogP) is 2.74. The fourth-order valence-electron chi connectivity index (χ4n) is 2.48. The van der Waals surface area contributed by atoms with Gasteiger partial charge in [0.15, 0.2) is 0 Å². The lowest BCUT2D eigenvalue weighted by Crippen LogP contribution is -2.37. The van der Waals surface area contributed by atoms with Crippen LogP contribution in [0.3, 0.4) is 0 Å². The maximum Gasteiger partial charge on any atom is 0.128 e. The molecule has 0 spiro atoms. The van der Waals surface area contributed by atoms with Crippen molar-refractivity contribution in [1.82, 2.24) is 9.88 Å². The minimum Gasteiger partial charge on any atom is -0.326 e. The van der Waals surface area contributed by atoms with Gasteiger partial charge in [-0.15, -0.1) is 0 Å². The van der Waals surface area contributed by atoms with E-state index in [0.717, 1.165) is 5.69 Å². The number of rotatable bonds is 5. The quantitative estimate of drug-likeness (QED) is 0.911. The molecular weight excluding hydrogens is 253 g/mol. The summed E-state index contributed by atoms with van der Waals surface area (Å²) in [5.41, 5.74) is 7.63. The van der Waals surface area contributed by atoms with Crippen LogP contribution < -0.4 is 5.73 Å². The highest BCUT2D eigenvalue weighted by atomic mass is 19.1. The van der Waals surface area contributed by atoms with E-state index in [1.165, 1.54) is 6.07 Å². The summed E-state index contributed by atoms with van der Waals surface area (Å²) >= 11 is 0. The molecule has 0 amide bonds. The molecule has 2 aromatic rings. The Bertz CT molecular complexity index is 542. The summed E-state index contributed by atoms with van der Waals surface area (Å²) < 4.78 is 14.0. The molecule has 4 heteroatoms. The molecule has 0 aliphatic rings. The van der Waals surface area contributed by atoms with Crippen molar-refractivity contribution < 1.29 is 4.39 Å². The van der Waals surface area contributed by atoms with Crippen LogP contribution in [0.2, 0.25) is 0 Å². The Morgan fingerprint density at radius 2 is 1.90 bits per heavy atom. The molecule has 0 aliphatic carbocycles. The lowest BCUT2D eigenvalue weighted by Gasteiger charge is -2.31. The molecule has 3 nitrogen and oxygen atoms in total. The van der Waals surface area contributed by atoms with Crippen LogP contribution >= 0.6 is 0 Å². The summed E-state index contributed by atoms with van der Waals surface area (Å²) in [4.78, 5) is 6.33. The first-order valence-corrected chi connectivity index (χ1v) is 6.69. The molecule has 0 aliphatic heterocycles. The van der Waals surface area contributed by atoms with Crippen molar-refractivity contribution in [3.63, 3.8) is 0 Å². The fraction of sp³-hybridized carbons (Fsp3) is 0.312. The molecule has 0 fully saturated rings. The van der Waals surface area contributed by atoms with Gasteiger partial charge in [-0.2, -0.15) is 0 Å². The molecule has 2 atom stereocenters. The molecule has 1 aromatic heterocycles. The van der Waals surface area contributed by atoms with Crippen molar-refractivity contribution in [2.45, 2.75) is 25.6 Å². The monoisotopic (exact) mass is 273 g/mol. The summed E-state index contributed by atoms with van der Waals surface area (Å²) in [6.45, 7) is 2.52. The molecule has 1 aromatic carbocycles. The minimum atomic E-state index is -0.220. The van der Waals surface area contributed by atoms with Gasteiger partial charge in [-0.05, 0) is 32.2 Å². The topological polar surface area (TPSA) is 42.1 Å². The van der Waals surface area contributed by atoms with Crippen molar-refractivity contribution in [2.24, 2.45) is 5.73 Å². The second-order valence-electron chi connectivity index (χ2n) is 5.06. The predicted molar refractivity (Wildman–Crippen MR) is 78.5 cm³/mol. The summed E-state index contributed by atoms with van der Waals surface area (Å²) in [5.74, 6) is -0.220. The fourth-order valence-corrected chi connectivity index (χ4v) is 2.48. The number of nitrogens with zero attached hydrogens (tertiary/aromatic N) is 2. The third kappa shape index (κ3) is 3.40. The third-order valence-electron chi connectivity index (χ3n) is 3.33. The normalized spacial score (nSPS) is 14.2. The minimum absolute atomic E-state index is 0.180. The van der Waals surface area contributed by atoms with Crippen molar-refractivity contribution in [2.75, 3.05) is 7.05 Å². The highest BCUT2D eigenvalue weighted by Gasteiger charge is 2.24. The van der Waals surface area contributed by atoms with Gasteiger partial charge < -0.3 is 5.73 Å². The van der Waals surface area contributed by atoms with Crippen LogP contribution in [0, 0.1) is 5.82 Å². The van der Waals surface area contributed by atoms with E-state index in [0.29, 0.717) is 12.1 Å². The number of halogens is 1. The number of hydrogen-bond acceptors (Lipinski definition) is 3. The molecule has 2 N–H and O–H groups in total. The van der Waals surface area contributed by atoms with E-state index in [1.807, 2.05) is 43.1 Å². The lowest BCUT2D eigenvalue weighted by atomic mass is 9.99. The second-order valence-corrected chi connectivity index (χ2v) is 5.06. The first-order chi connectivity index (χ1) is 9.59. The average molecular weight is 273 g/mol. The van der Waals surface area contributed by atoms with Gasteiger partial charge in [0.25, 0.3) is 0 Å². The molecule has 0 saturated heterocycles. The Labute approximate surface area is 119 Å². The van der Waals surface area contributed by atoms with E-state index in [1.54, 1.807) is 18.3 Å². The van der Waals surface area contributed by atoms with E-state index in [2.05, 4.69) is 4.98 Å². The second kappa shape index (κ2) is 6.59. The third-order valence-corrected chi connectivity index (χ3v) is 3.33. The van der Waals surface area contributed by atoms with Crippen LogP contribution in [0.25, 0.3) is 0 Å². The summed E-state index contributed by atoms with van der Waals surface area (Å²) in [7, 11) is 1.94. The van der Waals surface area contributed by atoms with Crippen LogP contribution in [0.5, 0.6) is 0 Å². The molecule has 0 saturated carbocycles. The largest absolute Gasteiger partial charge is 0.326 e. The summed E-state index contributed by atoms with van der Waals surface area (Å²) in [6.07, 6.45) is 1.76. The Morgan fingerprint density at radius 1 is 1.20 bits per heavy atom. The maximum atomic E-state index is 14.0. The van der Waals surface area contributed by atoms with Crippen LogP contribution in [-0.2, 0) is 6.54 Å². The Hall–Kier alpha value is -1.78. The summed E-state index contributed by atoms with van der Waals surface area (Å²) in [6, 6.07) is 12.2. The van der Waals surface area contributed by atoms with Crippen molar-refractivity contribution in [3.05, 3.63) is 65.7 Å². The first-order valence-electron chi connectivity index (χ1n) is 6.69. The molecule has 20 heavy (non-hydrogen) atoms. The molecular formula is C16H20FN3. The van der Waals surface area contributed by atoms with Crippen LogP contribution in [-0.4, -0.2) is 23.0 Å². The highest BCUT2D eigenvalue weighted by molar-refractivity contribution is 5.23. The van der Waals surface area contributed by atoms with Gasteiger partial charge in [0, 0.05) is 24.3 Å². The van der Waals surface area contributed by atoms with Crippen molar-refractivity contribution in [3.8, 4) is 0 Å². The van der Waals surface area contributed by atoms with E-state index in [-0.39, 0.29) is 17.9 Å². The number of aromatic nitrogens is 1. The Balaban J connectivity index is 2.23. The standard InChI is InChI=1S/C16H20FN3/c1-12(18)16(14-8-3-4-9-15(14)17)20(2)11-13-7-5-6-10-19-13/h3-10,12,16H,11,18H2,1-2H3. The van der Waals surface area contributed by atoms with Gasteiger partial charge in [-0.25, -0.2) is 4.39 Å². The van der Waals surface area contributed by atoms with Gasteiger partial charge in [0.05, 0.1) is 11.7 Å². The van der Waals surface area contributed by atoms with Gasteiger partial charge in [-0.3, -0.25) is 9.88 Å². The highest BCUT2D eigenvalue weighted by Crippen LogP contribution is 2.25. The lowest BCUT2D eigenvalue weighted by molar-refractivity contribution is 0.204. The molecule has 1 heterocycles. The van der Waals surface area contributed by atoms with E-state index in [9.17, 15) is 4.39 Å². The van der Waals surface area contributed by atoms with Crippen LogP contribution in [0.4, 0.5) is 4.39 Å². The molecule has 2 unspecified atom stereocenters. The Morgan fingerprint density at radius 3 is 2.50 bits per heavy atom. The molecule has 106 valence electrons. The van der Waals surface area contributed by atoms with Gasteiger partial charge in [0.2, 0.25) is 0 Å². The van der Waals surface area contributed by atoms with E-state index < -0.39 is 0 Å². The molecule has 0 radical (unpaired) electrons. The molecule has 2 rings (SSSR count). The van der Waals surface area contributed by atoms with Gasteiger partial charge in [-0.1, -0.05) is 24.3 Å². The Kier molecular flexibility index (Phi) is 4.82. The van der Waals surface area contributed by atoms with E-state index >= 15 is 0 Å². The van der Waals surface area contributed by atoms with Gasteiger partial charge >= 0.3 is 0 Å². The first kappa shape index (κ1) is 14.6. The zero-order valence-corrected chi connectivity index (χ0v) is 11.8. The zero-order chi connectivity index (χ0) is 14.5. The average Bonchev–Trinajstić information content (AvgIpc) is 2.42. The number of hydrogen-bond donors (Lipinski definition) is 1. The maximum absolute atomic E-state index is 14.0. The van der Waals surface area contributed by atoms with Crippen LogP contribution in [0.15, 0.2) is 48.7 Å². The SMILES string of the molecule is CC(N)C(c1ccccc1F)N(C)Cc1ccccn1. The molecule has 0 bridgehead atoms. The van der Waals surface area contributed by atoms with E-state index in [4.69, 9.17) is 5.73 Å². The summed E-state index contributed by atoms with van der Waals surface area (Å²) in [5, 5.41) is 0. The number of benzene rings is 1. The van der Waals surface area contributed by atoms with Gasteiger partial charge in [0.1, 0.15) is 5.82 Å². The number of nitrogens with two attached hydrogens (primary N) is 1. The zero-order valence-electron chi connectivity index (χ0n) is 11.8. The smallest absolute Gasteiger partial charge is 0.128 e. The number of pyridine rings is 1. The van der Waals surface area contributed by atoms with Crippen molar-refractivity contribution >= 4 is 0 Å².